The number of aryl methyl sites for hydroxylation is 2. The first-order valence-electron chi connectivity index (χ1n) is 10.4. The minimum Gasteiger partial charge on any atom is -0.478 e. The molecule has 4 rings (SSSR count). The van der Waals surface area contributed by atoms with E-state index >= 15 is 0 Å². The van der Waals surface area contributed by atoms with Crippen LogP contribution in [0, 0.1) is 20.8 Å². The van der Waals surface area contributed by atoms with Crippen molar-refractivity contribution in [3.8, 4) is 5.69 Å². The molecule has 32 heavy (non-hydrogen) atoms. The predicted molar refractivity (Wildman–Crippen MR) is 130 cm³/mol. The Labute approximate surface area is 187 Å². The average molecular weight is 424 g/mol. The number of aromatic nitrogens is 1. The number of hydrogen-bond donors (Lipinski definition) is 1. The minimum absolute atomic E-state index is 0.289. The zero-order valence-corrected chi connectivity index (χ0v) is 18.4. The SMILES string of the molecule is Cc1cc(C(=O)O)ccc1-n1c(C)cc(/C=N\N(c2ccccc2)c2ccccc2)c1C. The number of carboxylic acid groups (broad SMARTS) is 1. The van der Waals surface area contributed by atoms with Gasteiger partial charge in [-0.1, -0.05) is 36.4 Å². The first-order valence-corrected chi connectivity index (χ1v) is 10.4. The smallest absolute Gasteiger partial charge is 0.335 e. The molecule has 4 aromatic rings. The summed E-state index contributed by atoms with van der Waals surface area (Å²) in [5.41, 5.74) is 7.21. The van der Waals surface area contributed by atoms with E-state index < -0.39 is 5.97 Å². The lowest BCUT2D eigenvalue weighted by atomic mass is 10.1. The van der Waals surface area contributed by atoms with Crippen LogP contribution in [0.3, 0.4) is 0 Å². The van der Waals surface area contributed by atoms with Gasteiger partial charge in [0.2, 0.25) is 0 Å². The van der Waals surface area contributed by atoms with Gasteiger partial charge in [0, 0.05) is 22.6 Å². The van der Waals surface area contributed by atoms with Gasteiger partial charge in [-0.3, -0.25) is 0 Å². The first kappa shape index (κ1) is 21.1. The van der Waals surface area contributed by atoms with Crippen molar-refractivity contribution in [3.63, 3.8) is 0 Å². The van der Waals surface area contributed by atoms with Gasteiger partial charge < -0.3 is 9.67 Å². The summed E-state index contributed by atoms with van der Waals surface area (Å²) in [7, 11) is 0. The molecule has 3 aromatic carbocycles. The highest BCUT2D eigenvalue weighted by Gasteiger charge is 2.14. The van der Waals surface area contributed by atoms with E-state index in [0.29, 0.717) is 0 Å². The monoisotopic (exact) mass is 423 g/mol. The molecule has 1 aromatic heterocycles. The molecule has 0 spiro atoms. The van der Waals surface area contributed by atoms with Crippen LogP contribution in [-0.4, -0.2) is 21.9 Å². The number of hydrazone groups is 1. The molecule has 0 unspecified atom stereocenters. The molecule has 0 fully saturated rings. The zero-order chi connectivity index (χ0) is 22.7. The standard InChI is InChI=1S/C27H25N3O2/c1-19-16-22(27(31)32)14-15-26(19)29-20(2)17-23(21(29)3)18-28-30(24-10-6-4-7-11-24)25-12-8-5-9-13-25/h4-18H,1-3H3,(H,31,32)/b28-18-. The Morgan fingerprint density at radius 2 is 1.47 bits per heavy atom. The van der Waals surface area contributed by atoms with E-state index in [9.17, 15) is 9.90 Å². The Morgan fingerprint density at radius 3 is 2.00 bits per heavy atom. The van der Waals surface area contributed by atoms with Crippen LogP contribution in [0.25, 0.3) is 5.69 Å². The van der Waals surface area contributed by atoms with E-state index in [-0.39, 0.29) is 5.56 Å². The summed E-state index contributed by atoms with van der Waals surface area (Å²) in [6.45, 7) is 6.02. The zero-order valence-electron chi connectivity index (χ0n) is 18.4. The van der Waals surface area contributed by atoms with Crippen molar-refractivity contribution in [2.75, 3.05) is 5.01 Å². The lowest BCUT2D eigenvalue weighted by Gasteiger charge is -2.19. The largest absolute Gasteiger partial charge is 0.478 e. The van der Waals surface area contributed by atoms with Gasteiger partial charge in [-0.25, -0.2) is 9.80 Å². The number of hydrogen-bond acceptors (Lipinski definition) is 3. The number of nitrogens with zero attached hydrogens (tertiary/aromatic N) is 3. The Morgan fingerprint density at radius 1 is 0.875 bits per heavy atom. The molecule has 0 aliphatic rings. The molecule has 5 nitrogen and oxygen atoms in total. The number of carbonyl (C=O) groups is 1. The molecule has 0 saturated carbocycles. The highest BCUT2D eigenvalue weighted by atomic mass is 16.4. The molecule has 0 radical (unpaired) electrons. The van der Waals surface area contributed by atoms with Crippen molar-refractivity contribution in [2.45, 2.75) is 20.8 Å². The van der Waals surface area contributed by atoms with Gasteiger partial charge in [0.1, 0.15) is 0 Å². The van der Waals surface area contributed by atoms with E-state index in [2.05, 4.69) is 10.6 Å². The molecule has 160 valence electrons. The van der Waals surface area contributed by atoms with Crippen LogP contribution in [-0.2, 0) is 0 Å². The second kappa shape index (κ2) is 8.94. The summed E-state index contributed by atoms with van der Waals surface area (Å²) in [6.07, 6.45) is 1.87. The van der Waals surface area contributed by atoms with Crippen LogP contribution in [0.5, 0.6) is 0 Å². The van der Waals surface area contributed by atoms with Crippen LogP contribution in [0.2, 0.25) is 0 Å². The van der Waals surface area contributed by atoms with E-state index in [0.717, 1.165) is 39.6 Å². The van der Waals surface area contributed by atoms with E-state index in [1.54, 1.807) is 12.1 Å². The van der Waals surface area contributed by atoms with Crippen LogP contribution in [0.15, 0.2) is 90.0 Å². The topological polar surface area (TPSA) is 57.8 Å². The fourth-order valence-electron chi connectivity index (χ4n) is 3.87. The number of para-hydroxylation sites is 2. The highest BCUT2D eigenvalue weighted by Crippen LogP contribution is 2.27. The molecule has 1 N–H and O–H groups in total. The van der Waals surface area contributed by atoms with Crippen LogP contribution in [0.1, 0.15) is 32.9 Å². The summed E-state index contributed by atoms with van der Waals surface area (Å²) >= 11 is 0. The number of rotatable bonds is 6. The average Bonchev–Trinajstić information content (AvgIpc) is 3.08. The molecule has 5 heteroatoms. The summed E-state index contributed by atoms with van der Waals surface area (Å²) in [4.78, 5) is 11.3. The summed E-state index contributed by atoms with van der Waals surface area (Å²) < 4.78 is 2.14. The number of benzene rings is 3. The molecule has 0 amide bonds. The summed E-state index contributed by atoms with van der Waals surface area (Å²) in [5.74, 6) is -0.921. The molecule has 0 atom stereocenters. The second-order valence-corrected chi connectivity index (χ2v) is 7.70. The van der Waals surface area contributed by atoms with Gasteiger partial charge in [-0.15, -0.1) is 0 Å². The lowest BCUT2D eigenvalue weighted by Crippen LogP contribution is -2.09. The summed E-state index contributed by atoms with van der Waals surface area (Å²) in [6, 6.07) is 27.4. The maximum absolute atomic E-state index is 11.3. The normalized spacial score (nSPS) is 11.1. The third kappa shape index (κ3) is 4.18. The first-order chi connectivity index (χ1) is 15.5. The molecule has 0 aliphatic carbocycles. The van der Waals surface area contributed by atoms with Crippen molar-refractivity contribution < 1.29 is 9.90 Å². The minimum atomic E-state index is -0.921. The Hall–Kier alpha value is -4.12. The lowest BCUT2D eigenvalue weighted by molar-refractivity contribution is 0.0697. The number of aromatic carboxylic acids is 1. The van der Waals surface area contributed by atoms with Crippen LogP contribution >= 0.6 is 0 Å². The maximum Gasteiger partial charge on any atom is 0.335 e. The van der Waals surface area contributed by atoms with Crippen molar-refractivity contribution in [1.29, 1.82) is 0 Å². The Balaban J connectivity index is 1.73. The fourth-order valence-corrected chi connectivity index (χ4v) is 3.87. The Bertz CT molecular complexity index is 1240. The molecular weight excluding hydrogens is 398 g/mol. The van der Waals surface area contributed by atoms with E-state index in [4.69, 9.17) is 5.10 Å². The van der Waals surface area contributed by atoms with Crippen molar-refractivity contribution in [2.24, 2.45) is 5.10 Å². The summed E-state index contributed by atoms with van der Waals surface area (Å²) in [5, 5.41) is 16.0. The van der Waals surface area contributed by atoms with Gasteiger partial charge in [0.05, 0.1) is 23.2 Å². The maximum atomic E-state index is 11.3. The van der Waals surface area contributed by atoms with E-state index in [1.807, 2.05) is 98.7 Å². The van der Waals surface area contributed by atoms with Gasteiger partial charge in [0.15, 0.2) is 0 Å². The van der Waals surface area contributed by atoms with Crippen molar-refractivity contribution >= 4 is 23.6 Å². The van der Waals surface area contributed by atoms with Crippen LogP contribution in [0.4, 0.5) is 11.4 Å². The van der Waals surface area contributed by atoms with Crippen molar-refractivity contribution in [3.05, 3.63) is 113 Å². The number of anilines is 2. The predicted octanol–water partition coefficient (Wildman–Crippen LogP) is 6.27. The molecule has 0 saturated heterocycles. The molecule has 1 heterocycles. The number of carboxylic acids is 1. The van der Waals surface area contributed by atoms with Crippen LogP contribution < -0.4 is 5.01 Å². The second-order valence-electron chi connectivity index (χ2n) is 7.70. The van der Waals surface area contributed by atoms with Gasteiger partial charge in [-0.05, 0) is 74.9 Å². The third-order valence-corrected chi connectivity index (χ3v) is 5.47. The molecule has 0 bridgehead atoms. The third-order valence-electron chi connectivity index (χ3n) is 5.47. The molecule has 0 aliphatic heterocycles. The Kier molecular flexibility index (Phi) is 5.90. The molecular formula is C27H25N3O2. The highest BCUT2D eigenvalue weighted by molar-refractivity contribution is 5.88. The van der Waals surface area contributed by atoms with Crippen molar-refractivity contribution in [1.82, 2.24) is 4.57 Å². The quantitative estimate of drug-likeness (QED) is 0.294. The van der Waals surface area contributed by atoms with Gasteiger partial charge >= 0.3 is 5.97 Å². The van der Waals surface area contributed by atoms with E-state index in [1.165, 1.54) is 0 Å². The van der Waals surface area contributed by atoms with Gasteiger partial charge in [0.25, 0.3) is 0 Å². The van der Waals surface area contributed by atoms with Gasteiger partial charge in [-0.2, -0.15) is 5.10 Å². The fraction of sp³-hybridized carbons (Fsp3) is 0.111.